The average molecular weight is 292 g/mol. The summed E-state index contributed by atoms with van der Waals surface area (Å²) >= 11 is 0. The van der Waals surface area contributed by atoms with Gasteiger partial charge in [0.25, 0.3) is 0 Å². The minimum absolute atomic E-state index is 0.0550. The van der Waals surface area contributed by atoms with Gasteiger partial charge >= 0.3 is 5.97 Å². The van der Waals surface area contributed by atoms with Crippen LogP contribution in [0.2, 0.25) is 0 Å². The predicted octanol–water partition coefficient (Wildman–Crippen LogP) is -0.186. The van der Waals surface area contributed by atoms with Crippen LogP contribution in [-0.2, 0) is 14.4 Å². The second-order valence-electron chi connectivity index (χ2n) is 4.89. The second-order valence-corrected chi connectivity index (χ2v) is 4.89. The molecule has 3 N–H and O–H groups in total. The molecule has 0 aromatic heterocycles. The standard InChI is InChI=1S/C13H25N3O4/c1-10(17)14-8-5-4-6-11(16(2)3)13(20)15-9-7-12(18)19/h11H,4-9H2,1-3H3,(H,14,17)(H,15,20)(H,18,19)/i4+1,5+1,8+1,9+1,15+1. The number of unbranched alkanes of at least 4 members (excludes halogenated alkanes) is 1. The molecule has 1 atom stereocenters. The largest absolute Gasteiger partial charge is 0.481 e. The Balaban J connectivity index is 3.99. The zero-order valence-electron chi connectivity index (χ0n) is 12.4. The highest BCUT2D eigenvalue weighted by atomic mass is 16.4. The van der Waals surface area contributed by atoms with Crippen molar-refractivity contribution in [1.29, 1.82) is 0 Å². The first-order valence-corrected chi connectivity index (χ1v) is 6.75. The highest BCUT2D eigenvalue weighted by molar-refractivity contribution is 5.82. The number of amides is 2. The van der Waals surface area contributed by atoms with Crippen LogP contribution in [0.25, 0.3) is 0 Å². The maximum atomic E-state index is 11.9. The van der Waals surface area contributed by atoms with Crippen LogP contribution in [0, 0.1) is 0 Å². The molecule has 0 spiro atoms. The van der Waals surface area contributed by atoms with Crippen molar-refractivity contribution in [3.05, 3.63) is 0 Å². The topological polar surface area (TPSA) is 98.7 Å². The summed E-state index contributed by atoms with van der Waals surface area (Å²) in [6, 6.07) is -0.277. The Morgan fingerprint density at radius 3 is 2.25 bits per heavy atom. The van der Waals surface area contributed by atoms with E-state index >= 15 is 0 Å². The van der Waals surface area contributed by atoms with Crippen molar-refractivity contribution in [1.82, 2.24) is 15.5 Å². The molecule has 7 nitrogen and oxygen atoms in total. The van der Waals surface area contributed by atoms with Gasteiger partial charge in [-0.15, -0.1) is 0 Å². The van der Waals surface area contributed by atoms with Crippen molar-refractivity contribution in [2.24, 2.45) is 0 Å². The van der Waals surface area contributed by atoms with Crippen LogP contribution in [0.5, 0.6) is 0 Å². The van der Waals surface area contributed by atoms with Crippen LogP contribution in [0.3, 0.4) is 0 Å². The van der Waals surface area contributed by atoms with Crippen molar-refractivity contribution in [2.45, 2.75) is 38.6 Å². The Hall–Kier alpha value is -1.63. The van der Waals surface area contributed by atoms with Crippen molar-refractivity contribution >= 4 is 17.8 Å². The molecule has 0 aromatic carbocycles. The van der Waals surface area contributed by atoms with Gasteiger partial charge in [-0.3, -0.25) is 19.3 Å². The lowest BCUT2D eigenvalue weighted by Gasteiger charge is -2.23. The summed E-state index contributed by atoms with van der Waals surface area (Å²) in [5.74, 6) is -1.14. The average Bonchev–Trinajstić information content (AvgIpc) is 2.32. The van der Waals surface area contributed by atoms with Crippen LogP contribution in [-0.4, -0.2) is 61.0 Å². The molecule has 0 bridgehead atoms. The molecular formula is C13H25N3O4. The molecule has 0 rings (SSSR count). The first kappa shape index (κ1) is 18.4. The number of carbonyl (C=O) groups excluding carboxylic acids is 2. The fraction of sp³-hybridized carbons (Fsp3) is 0.769. The highest BCUT2D eigenvalue weighted by Crippen LogP contribution is 2.06. The van der Waals surface area contributed by atoms with Gasteiger partial charge in [-0.05, 0) is 33.4 Å². The zero-order chi connectivity index (χ0) is 15.5. The van der Waals surface area contributed by atoms with Gasteiger partial charge in [-0.2, -0.15) is 0 Å². The fourth-order valence-electron chi connectivity index (χ4n) is 1.76. The van der Waals surface area contributed by atoms with Crippen LogP contribution < -0.4 is 10.6 Å². The molecule has 0 aromatic rings. The van der Waals surface area contributed by atoms with Crippen LogP contribution in [0.15, 0.2) is 0 Å². The monoisotopic (exact) mass is 292 g/mol. The van der Waals surface area contributed by atoms with E-state index < -0.39 is 5.97 Å². The van der Waals surface area contributed by atoms with Gasteiger partial charge in [0.15, 0.2) is 0 Å². The van der Waals surface area contributed by atoms with E-state index in [9.17, 15) is 14.4 Å². The lowest BCUT2D eigenvalue weighted by molar-refractivity contribution is -0.137. The first-order valence-electron chi connectivity index (χ1n) is 6.75. The number of likely N-dealkylation sites (N-methyl/N-ethyl adjacent to an activating group) is 1. The summed E-state index contributed by atoms with van der Waals surface area (Å²) in [6.07, 6.45) is 2.22. The molecule has 1 unspecified atom stereocenters. The molecular weight excluding hydrogens is 267 g/mol. The summed E-state index contributed by atoms with van der Waals surface area (Å²) in [4.78, 5) is 34.8. The first-order chi connectivity index (χ1) is 9.34. The molecule has 0 heterocycles. The van der Waals surface area contributed by atoms with E-state index in [-0.39, 0.29) is 30.8 Å². The van der Waals surface area contributed by atoms with Gasteiger partial charge < -0.3 is 15.7 Å². The summed E-state index contributed by atoms with van der Waals surface area (Å²) in [6.45, 7) is 2.22. The van der Waals surface area contributed by atoms with Gasteiger partial charge in [0, 0.05) is 20.0 Å². The van der Waals surface area contributed by atoms with Gasteiger partial charge in [-0.1, -0.05) is 0 Å². The quantitative estimate of drug-likeness (QED) is 0.294. The van der Waals surface area contributed by atoms with Crippen molar-refractivity contribution in [2.75, 3.05) is 27.2 Å². The summed E-state index contributed by atoms with van der Waals surface area (Å²) < 4.78 is 0. The zero-order valence-corrected chi connectivity index (χ0v) is 12.4. The smallest absolute Gasteiger partial charge is 0.305 e. The van der Waals surface area contributed by atoms with E-state index in [0.29, 0.717) is 13.0 Å². The third-order valence-corrected chi connectivity index (χ3v) is 2.84. The van der Waals surface area contributed by atoms with Crippen LogP contribution >= 0.6 is 0 Å². The van der Waals surface area contributed by atoms with Gasteiger partial charge in [0.05, 0.1) is 12.5 Å². The third kappa shape index (κ3) is 9.32. The van der Waals surface area contributed by atoms with E-state index in [1.807, 2.05) is 19.0 Å². The maximum absolute atomic E-state index is 11.9. The predicted molar refractivity (Wildman–Crippen MR) is 75.3 cm³/mol. The van der Waals surface area contributed by atoms with Gasteiger partial charge in [-0.25, -0.2) is 0 Å². The SMILES string of the molecule is CC(=O)N[13CH2][13CH2][13CH2]CC(C(=O)[15NH][13CH2]CC(=O)O)N(C)C. The number of nitrogens with one attached hydrogen (secondary N) is 2. The van der Waals surface area contributed by atoms with E-state index in [2.05, 4.69) is 10.6 Å². The number of nitrogens with zero attached hydrogens (tertiary/aromatic N) is 1. The normalized spacial score (nSPS) is 12.0. The molecule has 0 radical (unpaired) electrons. The number of hydrogen-bond acceptors (Lipinski definition) is 4. The molecule has 0 aliphatic rings. The molecule has 20 heavy (non-hydrogen) atoms. The Morgan fingerprint density at radius 1 is 1.10 bits per heavy atom. The van der Waals surface area contributed by atoms with Crippen molar-refractivity contribution < 1.29 is 19.5 Å². The molecule has 0 aliphatic carbocycles. The molecule has 0 saturated heterocycles. The van der Waals surface area contributed by atoms with E-state index in [4.69, 9.17) is 5.11 Å². The molecule has 116 valence electrons. The van der Waals surface area contributed by atoms with Gasteiger partial charge in [0.2, 0.25) is 11.8 Å². The number of aliphatic carboxylic acids is 1. The fourth-order valence-corrected chi connectivity index (χ4v) is 1.76. The Labute approximate surface area is 119 Å². The molecule has 0 saturated carbocycles. The number of rotatable bonds is 10. The molecule has 7 heteroatoms. The third-order valence-electron chi connectivity index (χ3n) is 2.84. The number of carboxylic acid groups (broad SMARTS) is 1. The number of carbonyl (C=O) groups is 3. The van der Waals surface area contributed by atoms with Crippen molar-refractivity contribution in [3.63, 3.8) is 0 Å². The lowest BCUT2D eigenvalue weighted by Crippen LogP contribution is -2.44. The molecule has 2 amide bonds. The van der Waals surface area contributed by atoms with Crippen LogP contribution in [0.4, 0.5) is 0 Å². The van der Waals surface area contributed by atoms with Crippen LogP contribution in [0.1, 0.15) is 32.6 Å². The maximum Gasteiger partial charge on any atom is 0.305 e. The van der Waals surface area contributed by atoms with Crippen molar-refractivity contribution in [3.8, 4) is 0 Å². The number of hydrogen-bond donors (Lipinski definition) is 3. The lowest BCUT2D eigenvalue weighted by atomic mass is 10.2. The Morgan fingerprint density at radius 2 is 1.75 bits per heavy atom. The summed E-state index contributed by atoms with van der Waals surface area (Å²) in [5.41, 5.74) is 0. The van der Waals surface area contributed by atoms with E-state index in [1.165, 1.54) is 6.92 Å². The molecule has 0 fully saturated rings. The van der Waals surface area contributed by atoms with Gasteiger partial charge in [0.1, 0.15) is 0 Å². The van der Waals surface area contributed by atoms with E-state index in [1.54, 1.807) is 0 Å². The minimum atomic E-state index is -0.929. The Kier molecular flexibility index (Phi) is 9.36. The van der Waals surface area contributed by atoms with E-state index in [0.717, 1.165) is 12.8 Å². The Bertz CT molecular complexity index is 332. The number of carboxylic acids is 1. The second kappa shape index (κ2) is 10.2. The summed E-state index contributed by atoms with van der Waals surface area (Å²) in [7, 11) is 3.63. The molecule has 0 aliphatic heterocycles. The minimum Gasteiger partial charge on any atom is -0.481 e. The summed E-state index contributed by atoms with van der Waals surface area (Å²) in [5, 5.41) is 13.9. The highest BCUT2D eigenvalue weighted by Gasteiger charge is 2.19.